The zero-order valence-corrected chi connectivity index (χ0v) is 10.2. The SMILES string of the molecule is CC[C@H](N)c1ccc(SCCOC)cc1. The Morgan fingerprint density at radius 1 is 1.33 bits per heavy atom. The van der Waals surface area contributed by atoms with Gasteiger partial charge in [-0.15, -0.1) is 11.8 Å². The fourth-order valence-electron chi connectivity index (χ4n) is 1.29. The summed E-state index contributed by atoms with van der Waals surface area (Å²) in [5.41, 5.74) is 7.16. The van der Waals surface area contributed by atoms with E-state index >= 15 is 0 Å². The third kappa shape index (κ3) is 4.24. The van der Waals surface area contributed by atoms with Gasteiger partial charge in [0.1, 0.15) is 0 Å². The minimum atomic E-state index is 0.169. The molecular weight excluding hydrogens is 206 g/mol. The van der Waals surface area contributed by atoms with Crippen LogP contribution in [0.15, 0.2) is 29.2 Å². The van der Waals surface area contributed by atoms with Crippen LogP contribution in [0.25, 0.3) is 0 Å². The molecule has 0 unspecified atom stereocenters. The maximum absolute atomic E-state index is 5.94. The van der Waals surface area contributed by atoms with Gasteiger partial charge in [0.15, 0.2) is 0 Å². The minimum Gasteiger partial charge on any atom is -0.384 e. The highest BCUT2D eigenvalue weighted by Gasteiger charge is 2.02. The highest BCUT2D eigenvalue weighted by molar-refractivity contribution is 7.99. The van der Waals surface area contributed by atoms with Gasteiger partial charge < -0.3 is 10.5 Å². The monoisotopic (exact) mass is 225 g/mol. The molecule has 0 spiro atoms. The molecule has 1 aromatic carbocycles. The number of benzene rings is 1. The van der Waals surface area contributed by atoms with Crippen molar-refractivity contribution >= 4 is 11.8 Å². The predicted molar refractivity (Wildman–Crippen MR) is 66.3 cm³/mol. The van der Waals surface area contributed by atoms with Gasteiger partial charge in [-0.2, -0.15) is 0 Å². The van der Waals surface area contributed by atoms with E-state index in [4.69, 9.17) is 10.5 Å². The van der Waals surface area contributed by atoms with Crippen LogP contribution in [-0.2, 0) is 4.74 Å². The molecule has 0 aliphatic rings. The molecule has 0 radical (unpaired) electrons. The highest BCUT2D eigenvalue weighted by Crippen LogP contribution is 2.21. The van der Waals surface area contributed by atoms with Crippen LogP contribution in [0.1, 0.15) is 24.9 Å². The van der Waals surface area contributed by atoms with Crippen molar-refractivity contribution in [2.45, 2.75) is 24.3 Å². The van der Waals surface area contributed by atoms with Gasteiger partial charge in [-0.25, -0.2) is 0 Å². The standard InChI is InChI=1S/C12H19NOS/c1-3-12(13)10-4-6-11(7-5-10)15-9-8-14-2/h4-7,12H,3,8-9,13H2,1-2H3/t12-/m0/s1. The number of hydrogen-bond donors (Lipinski definition) is 1. The summed E-state index contributed by atoms with van der Waals surface area (Å²) in [5.74, 6) is 0.996. The van der Waals surface area contributed by atoms with Crippen LogP contribution in [0.4, 0.5) is 0 Å². The molecule has 2 nitrogen and oxygen atoms in total. The first-order chi connectivity index (χ1) is 7.27. The van der Waals surface area contributed by atoms with Crippen molar-refractivity contribution in [1.82, 2.24) is 0 Å². The third-order valence-corrected chi connectivity index (χ3v) is 3.28. The van der Waals surface area contributed by atoms with Crippen molar-refractivity contribution in [3.63, 3.8) is 0 Å². The van der Waals surface area contributed by atoms with Crippen LogP contribution in [-0.4, -0.2) is 19.5 Å². The summed E-state index contributed by atoms with van der Waals surface area (Å²) in [4.78, 5) is 1.28. The summed E-state index contributed by atoms with van der Waals surface area (Å²) >= 11 is 1.81. The van der Waals surface area contributed by atoms with Crippen molar-refractivity contribution < 1.29 is 4.74 Å². The van der Waals surface area contributed by atoms with Crippen LogP contribution in [0.3, 0.4) is 0 Å². The van der Waals surface area contributed by atoms with Gasteiger partial charge in [-0.3, -0.25) is 0 Å². The average molecular weight is 225 g/mol. The first-order valence-corrected chi connectivity index (χ1v) is 6.23. The summed E-state index contributed by atoms with van der Waals surface area (Å²) in [6.45, 7) is 2.90. The lowest BCUT2D eigenvalue weighted by Crippen LogP contribution is -2.08. The van der Waals surface area contributed by atoms with Gasteiger partial charge in [0, 0.05) is 23.8 Å². The van der Waals surface area contributed by atoms with E-state index in [2.05, 4.69) is 31.2 Å². The number of ether oxygens (including phenoxy) is 1. The molecule has 0 saturated heterocycles. The molecule has 1 rings (SSSR count). The molecule has 1 aromatic rings. The van der Waals surface area contributed by atoms with Gasteiger partial charge in [0.2, 0.25) is 0 Å². The Morgan fingerprint density at radius 3 is 2.53 bits per heavy atom. The van der Waals surface area contributed by atoms with Gasteiger partial charge in [0.05, 0.1) is 6.61 Å². The van der Waals surface area contributed by atoms with Crippen LogP contribution in [0.5, 0.6) is 0 Å². The average Bonchev–Trinajstić information content (AvgIpc) is 2.29. The Morgan fingerprint density at radius 2 is 2.00 bits per heavy atom. The second-order valence-corrected chi connectivity index (χ2v) is 4.59. The molecule has 15 heavy (non-hydrogen) atoms. The molecule has 1 atom stereocenters. The lowest BCUT2D eigenvalue weighted by molar-refractivity contribution is 0.218. The predicted octanol–water partition coefficient (Wildman–Crippen LogP) is 2.83. The fraction of sp³-hybridized carbons (Fsp3) is 0.500. The Labute approximate surface area is 96.2 Å². The van der Waals surface area contributed by atoms with E-state index in [-0.39, 0.29) is 6.04 Å². The number of rotatable bonds is 6. The molecule has 3 heteroatoms. The fourth-order valence-corrected chi connectivity index (χ4v) is 2.10. The second kappa shape index (κ2) is 6.88. The summed E-state index contributed by atoms with van der Waals surface area (Å²) in [5, 5.41) is 0. The summed E-state index contributed by atoms with van der Waals surface area (Å²) in [7, 11) is 1.73. The zero-order chi connectivity index (χ0) is 11.1. The third-order valence-electron chi connectivity index (χ3n) is 2.30. The second-order valence-electron chi connectivity index (χ2n) is 3.43. The van der Waals surface area contributed by atoms with E-state index in [0.29, 0.717) is 0 Å². The van der Waals surface area contributed by atoms with Gasteiger partial charge in [-0.05, 0) is 24.1 Å². The lowest BCUT2D eigenvalue weighted by atomic mass is 10.1. The maximum Gasteiger partial charge on any atom is 0.0556 e. The summed E-state index contributed by atoms with van der Waals surface area (Å²) in [6, 6.07) is 8.66. The van der Waals surface area contributed by atoms with Crippen molar-refractivity contribution in [2.75, 3.05) is 19.5 Å². The molecule has 0 bridgehead atoms. The zero-order valence-electron chi connectivity index (χ0n) is 9.40. The van der Waals surface area contributed by atoms with Crippen LogP contribution >= 0.6 is 11.8 Å². The van der Waals surface area contributed by atoms with Crippen molar-refractivity contribution in [3.8, 4) is 0 Å². The van der Waals surface area contributed by atoms with Crippen LogP contribution in [0.2, 0.25) is 0 Å². The van der Waals surface area contributed by atoms with E-state index in [1.165, 1.54) is 10.5 Å². The molecule has 0 fully saturated rings. The quantitative estimate of drug-likeness (QED) is 0.597. The lowest BCUT2D eigenvalue weighted by Gasteiger charge is -2.09. The number of methoxy groups -OCH3 is 1. The van der Waals surface area contributed by atoms with Gasteiger partial charge in [0.25, 0.3) is 0 Å². The smallest absolute Gasteiger partial charge is 0.0556 e. The van der Waals surface area contributed by atoms with Crippen LogP contribution in [0, 0.1) is 0 Å². The molecule has 0 amide bonds. The van der Waals surface area contributed by atoms with Crippen molar-refractivity contribution in [1.29, 1.82) is 0 Å². The van der Waals surface area contributed by atoms with E-state index in [1.54, 1.807) is 7.11 Å². The Balaban J connectivity index is 2.49. The van der Waals surface area contributed by atoms with E-state index in [1.807, 2.05) is 11.8 Å². The van der Waals surface area contributed by atoms with Crippen molar-refractivity contribution in [3.05, 3.63) is 29.8 Å². The van der Waals surface area contributed by atoms with Gasteiger partial charge in [-0.1, -0.05) is 19.1 Å². The molecule has 0 heterocycles. The Bertz CT molecular complexity index is 273. The molecular formula is C12H19NOS. The van der Waals surface area contributed by atoms with Crippen molar-refractivity contribution in [2.24, 2.45) is 5.73 Å². The highest BCUT2D eigenvalue weighted by atomic mass is 32.2. The molecule has 2 N–H and O–H groups in total. The van der Waals surface area contributed by atoms with Gasteiger partial charge >= 0.3 is 0 Å². The topological polar surface area (TPSA) is 35.2 Å². The first-order valence-electron chi connectivity index (χ1n) is 5.25. The van der Waals surface area contributed by atoms with E-state index in [0.717, 1.165) is 18.8 Å². The minimum absolute atomic E-state index is 0.169. The molecule has 0 aromatic heterocycles. The Hall–Kier alpha value is -0.510. The normalized spacial score (nSPS) is 12.7. The largest absolute Gasteiger partial charge is 0.384 e. The maximum atomic E-state index is 5.94. The first kappa shape index (κ1) is 12.6. The molecule has 84 valence electrons. The Kier molecular flexibility index (Phi) is 5.76. The number of hydrogen-bond acceptors (Lipinski definition) is 3. The van der Waals surface area contributed by atoms with E-state index < -0.39 is 0 Å². The summed E-state index contributed by atoms with van der Waals surface area (Å²) < 4.78 is 5.00. The summed E-state index contributed by atoms with van der Waals surface area (Å²) in [6.07, 6.45) is 0.982. The number of thioether (sulfide) groups is 1. The van der Waals surface area contributed by atoms with Crippen LogP contribution < -0.4 is 5.73 Å². The number of nitrogens with two attached hydrogens (primary N) is 1. The molecule has 0 aliphatic carbocycles. The molecule has 0 aliphatic heterocycles. The van der Waals surface area contributed by atoms with E-state index in [9.17, 15) is 0 Å². The molecule has 0 saturated carbocycles.